The van der Waals surface area contributed by atoms with Gasteiger partial charge < -0.3 is 4.57 Å². The quantitative estimate of drug-likeness (QED) is 0.235. The Balaban J connectivity index is 2.18. The van der Waals surface area contributed by atoms with Gasteiger partial charge in [0.25, 0.3) is 0 Å². The van der Waals surface area contributed by atoms with Crippen LogP contribution in [-0.2, 0) is 13.0 Å². The third-order valence-corrected chi connectivity index (χ3v) is 6.31. The highest BCUT2D eigenvalue weighted by molar-refractivity contribution is 14.1. The van der Waals surface area contributed by atoms with Gasteiger partial charge in [0.15, 0.2) is 0 Å². The Morgan fingerprint density at radius 3 is 2.43 bits per heavy atom. The van der Waals surface area contributed by atoms with Gasteiger partial charge in [-0.15, -0.1) is 0 Å². The van der Waals surface area contributed by atoms with Crippen molar-refractivity contribution in [3.63, 3.8) is 0 Å². The molecule has 0 radical (unpaired) electrons. The van der Waals surface area contributed by atoms with Crippen LogP contribution in [0.5, 0.6) is 0 Å². The molecule has 0 fully saturated rings. The van der Waals surface area contributed by atoms with E-state index in [0.717, 1.165) is 6.54 Å². The summed E-state index contributed by atoms with van der Waals surface area (Å²) in [5, 5.41) is 2.82. The van der Waals surface area contributed by atoms with Crippen LogP contribution in [0.25, 0.3) is 21.8 Å². The van der Waals surface area contributed by atoms with E-state index in [1.807, 2.05) is 0 Å². The zero-order chi connectivity index (χ0) is 16.4. The van der Waals surface area contributed by atoms with Gasteiger partial charge in [-0.05, 0) is 88.7 Å². The molecular formula is C20H23I2N. The van der Waals surface area contributed by atoms with E-state index in [4.69, 9.17) is 0 Å². The van der Waals surface area contributed by atoms with E-state index in [-0.39, 0.29) is 0 Å². The highest BCUT2D eigenvalue weighted by atomic mass is 127. The van der Waals surface area contributed by atoms with Crippen molar-refractivity contribution >= 4 is 67.0 Å². The van der Waals surface area contributed by atoms with E-state index < -0.39 is 0 Å². The Hall–Kier alpha value is -0.300. The van der Waals surface area contributed by atoms with Crippen LogP contribution in [0.2, 0.25) is 0 Å². The van der Waals surface area contributed by atoms with Gasteiger partial charge in [0.1, 0.15) is 0 Å². The fourth-order valence-electron chi connectivity index (χ4n) is 3.51. The second kappa shape index (κ2) is 7.72. The first kappa shape index (κ1) is 17.5. The summed E-state index contributed by atoms with van der Waals surface area (Å²) in [6.45, 7) is 5.57. The number of hydrogen-bond donors (Lipinski definition) is 0. The molecule has 3 heteroatoms. The maximum Gasteiger partial charge on any atom is 0.0534 e. The van der Waals surface area contributed by atoms with E-state index in [1.165, 1.54) is 61.1 Å². The van der Waals surface area contributed by atoms with Crippen LogP contribution >= 0.6 is 45.2 Å². The number of nitrogens with zero attached hydrogens (tertiary/aromatic N) is 1. The normalized spacial score (nSPS) is 11.7. The Morgan fingerprint density at radius 1 is 0.913 bits per heavy atom. The van der Waals surface area contributed by atoms with Gasteiger partial charge in [0.05, 0.1) is 11.0 Å². The minimum Gasteiger partial charge on any atom is -0.340 e. The molecule has 2 aromatic carbocycles. The second-order valence-electron chi connectivity index (χ2n) is 6.14. The molecule has 0 spiro atoms. The summed E-state index contributed by atoms with van der Waals surface area (Å²) < 4.78 is 5.25. The number of hydrogen-bond acceptors (Lipinski definition) is 0. The molecule has 0 atom stereocenters. The van der Waals surface area contributed by atoms with Crippen LogP contribution in [0.3, 0.4) is 0 Å². The first-order valence-electron chi connectivity index (χ1n) is 8.56. The summed E-state index contributed by atoms with van der Waals surface area (Å²) in [6.07, 6.45) is 6.48. The van der Waals surface area contributed by atoms with Gasteiger partial charge in [0.2, 0.25) is 0 Å². The average Bonchev–Trinajstić information content (AvgIpc) is 2.85. The van der Waals surface area contributed by atoms with E-state index in [9.17, 15) is 0 Å². The Labute approximate surface area is 166 Å². The molecule has 0 saturated carbocycles. The van der Waals surface area contributed by atoms with Crippen LogP contribution < -0.4 is 0 Å². The first-order valence-corrected chi connectivity index (χ1v) is 10.7. The molecule has 0 unspecified atom stereocenters. The highest BCUT2D eigenvalue weighted by Gasteiger charge is 2.15. The van der Waals surface area contributed by atoms with E-state index >= 15 is 0 Å². The van der Waals surface area contributed by atoms with Crippen molar-refractivity contribution in [3.8, 4) is 0 Å². The topological polar surface area (TPSA) is 4.93 Å². The van der Waals surface area contributed by atoms with Gasteiger partial charge >= 0.3 is 0 Å². The largest absolute Gasteiger partial charge is 0.340 e. The molecule has 3 aromatic rings. The summed E-state index contributed by atoms with van der Waals surface area (Å²) in [6, 6.07) is 11.5. The maximum absolute atomic E-state index is 2.52. The number of aromatic nitrogens is 1. The lowest BCUT2D eigenvalue weighted by Crippen LogP contribution is -1.99. The minimum atomic E-state index is 1.03. The molecule has 0 aliphatic rings. The molecule has 0 amide bonds. The smallest absolute Gasteiger partial charge is 0.0534 e. The Bertz CT molecular complexity index is 833. The van der Waals surface area contributed by atoms with Crippen molar-refractivity contribution in [2.24, 2.45) is 0 Å². The summed E-state index contributed by atoms with van der Waals surface area (Å²) in [5.74, 6) is 0. The lowest BCUT2D eigenvalue weighted by atomic mass is 10.0. The number of benzene rings is 2. The molecule has 1 heterocycles. The molecule has 1 nitrogen and oxygen atoms in total. The van der Waals surface area contributed by atoms with Crippen LogP contribution in [0.1, 0.15) is 45.1 Å². The molecule has 0 aliphatic heterocycles. The van der Waals surface area contributed by atoms with Gasteiger partial charge in [-0.3, -0.25) is 0 Å². The summed E-state index contributed by atoms with van der Waals surface area (Å²) in [4.78, 5) is 0. The summed E-state index contributed by atoms with van der Waals surface area (Å²) in [5.41, 5.74) is 4.39. The second-order valence-corrected chi connectivity index (χ2v) is 8.55. The van der Waals surface area contributed by atoms with Gasteiger partial charge in [-0.1, -0.05) is 38.3 Å². The van der Waals surface area contributed by atoms with E-state index in [1.54, 1.807) is 5.56 Å². The van der Waals surface area contributed by atoms with Crippen molar-refractivity contribution in [2.45, 2.75) is 52.5 Å². The van der Waals surface area contributed by atoms with Crippen molar-refractivity contribution in [1.29, 1.82) is 0 Å². The zero-order valence-corrected chi connectivity index (χ0v) is 18.1. The average molecular weight is 531 g/mol. The summed E-state index contributed by atoms with van der Waals surface area (Å²) in [7, 11) is 0. The predicted octanol–water partition coefficient (Wildman–Crippen LogP) is 7.15. The van der Waals surface area contributed by atoms with Crippen LogP contribution in [0.4, 0.5) is 0 Å². The number of halogens is 2. The molecule has 1 aromatic heterocycles. The first-order chi connectivity index (χ1) is 11.2. The van der Waals surface area contributed by atoms with Crippen molar-refractivity contribution < 1.29 is 0 Å². The fraction of sp³-hybridized carbons (Fsp3) is 0.400. The minimum absolute atomic E-state index is 1.03. The molecule has 0 bridgehead atoms. The fourth-order valence-corrected chi connectivity index (χ4v) is 4.69. The number of rotatable bonds is 6. The standard InChI is InChI=1S/C20H23I2N/c1-3-5-6-7-8-17-18(22)12-11-16-15-10-9-14(21)13-19(15)23(4-2)20(16)17/h9-13H,3-8H2,1-2H3. The van der Waals surface area contributed by atoms with Crippen molar-refractivity contribution in [2.75, 3.05) is 0 Å². The Kier molecular flexibility index (Phi) is 5.88. The molecular weight excluding hydrogens is 508 g/mol. The van der Waals surface area contributed by atoms with Crippen LogP contribution in [-0.4, -0.2) is 4.57 Å². The third-order valence-electron chi connectivity index (χ3n) is 4.63. The highest BCUT2D eigenvalue weighted by Crippen LogP contribution is 2.35. The monoisotopic (exact) mass is 531 g/mol. The predicted molar refractivity (Wildman–Crippen MR) is 118 cm³/mol. The molecule has 23 heavy (non-hydrogen) atoms. The van der Waals surface area contributed by atoms with Gasteiger partial charge in [0, 0.05) is 24.5 Å². The number of fused-ring (bicyclic) bond motifs is 3. The molecule has 3 rings (SSSR count). The number of unbranched alkanes of at least 4 members (excludes halogenated alkanes) is 3. The molecule has 122 valence electrons. The summed E-state index contributed by atoms with van der Waals surface area (Å²) >= 11 is 4.94. The number of aryl methyl sites for hydroxylation is 2. The zero-order valence-electron chi connectivity index (χ0n) is 13.8. The van der Waals surface area contributed by atoms with Crippen molar-refractivity contribution in [3.05, 3.63) is 43.0 Å². The third kappa shape index (κ3) is 3.41. The maximum atomic E-state index is 2.52. The molecule has 0 saturated heterocycles. The Morgan fingerprint density at radius 2 is 1.70 bits per heavy atom. The van der Waals surface area contributed by atoms with E-state index in [0.29, 0.717) is 0 Å². The lowest BCUT2D eigenvalue weighted by Gasteiger charge is -2.11. The molecule has 0 N–H and O–H groups in total. The van der Waals surface area contributed by atoms with Crippen LogP contribution in [0.15, 0.2) is 30.3 Å². The van der Waals surface area contributed by atoms with Crippen molar-refractivity contribution in [1.82, 2.24) is 4.57 Å². The van der Waals surface area contributed by atoms with Gasteiger partial charge in [-0.25, -0.2) is 0 Å². The molecule has 0 aliphatic carbocycles. The lowest BCUT2D eigenvalue weighted by molar-refractivity contribution is 0.666. The SMILES string of the molecule is CCCCCCc1c(I)ccc2c3ccc(I)cc3n(CC)c12. The van der Waals surface area contributed by atoms with Gasteiger partial charge in [-0.2, -0.15) is 0 Å². The van der Waals surface area contributed by atoms with Crippen LogP contribution in [0, 0.1) is 7.14 Å². The van der Waals surface area contributed by atoms with E-state index in [2.05, 4.69) is 93.9 Å².